The largest absolute Gasteiger partial charge is 0.508 e. The standard InChI is InChI=1S/C34H37NO6/c1-2-30(26-11-16-31-32(19-26)40-22-39-31)33(23-7-12-27(36)13-8-23)24-9-14-28(15-10-24)38-21-29(20-35-17-3-4-18-35)41-34(37)25-5-6-25/h7-16,19,25,29,36H,2-6,17-18,20-22H2,1H3/b33-30-. The fourth-order valence-corrected chi connectivity index (χ4v) is 5.62. The third kappa shape index (κ3) is 6.51. The van der Waals surface area contributed by atoms with Gasteiger partial charge in [0.1, 0.15) is 24.2 Å². The molecule has 1 N–H and O–H groups in total. The van der Waals surface area contributed by atoms with Crippen molar-refractivity contribution in [1.29, 1.82) is 0 Å². The lowest BCUT2D eigenvalue weighted by molar-refractivity contribution is -0.153. The first-order chi connectivity index (χ1) is 20.1. The number of carbonyl (C=O) groups is 1. The molecule has 1 saturated heterocycles. The molecular formula is C34H37NO6. The Labute approximate surface area is 241 Å². The molecule has 41 heavy (non-hydrogen) atoms. The molecule has 1 atom stereocenters. The van der Waals surface area contributed by atoms with Crippen molar-refractivity contribution < 1.29 is 28.8 Å². The van der Waals surface area contributed by atoms with E-state index in [9.17, 15) is 9.90 Å². The van der Waals surface area contributed by atoms with Crippen LogP contribution in [0.5, 0.6) is 23.0 Å². The van der Waals surface area contributed by atoms with E-state index in [2.05, 4.69) is 30.0 Å². The number of carbonyl (C=O) groups excluding carboxylic acids is 1. The number of aromatic hydroxyl groups is 1. The van der Waals surface area contributed by atoms with E-state index in [1.54, 1.807) is 12.1 Å². The van der Waals surface area contributed by atoms with Gasteiger partial charge in [-0.05, 0) is 109 Å². The van der Waals surface area contributed by atoms with Crippen molar-refractivity contribution in [2.24, 2.45) is 5.92 Å². The highest BCUT2D eigenvalue weighted by Crippen LogP contribution is 2.40. The Morgan fingerprint density at radius 1 is 0.927 bits per heavy atom. The number of allylic oxidation sites excluding steroid dienone is 1. The molecule has 2 aliphatic heterocycles. The van der Waals surface area contributed by atoms with E-state index in [1.807, 2.05) is 36.4 Å². The van der Waals surface area contributed by atoms with Gasteiger partial charge in [-0.1, -0.05) is 37.3 Å². The Morgan fingerprint density at radius 2 is 1.59 bits per heavy atom. The van der Waals surface area contributed by atoms with Crippen LogP contribution in [0.1, 0.15) is 55.7 Å². The lowest BCUT2D eigenvalue weighted by Crippen LogP contribution is -2.37. The number of fused-ring (bicyclic) bond motifs is 1. The molecule has 0 amide bonds. The summed E-state index contributed by atoms with van der Waals surface area (Å²) in [5.41, 5.74) is 5.32. The maximum Gasteiger partial charge on any atom is 0.309 e. The van der Waals surface area contributed by atoms with E-state index in [-0.39, 0.29) is 30.5 Å². The summed E-state index contributed by atoms with van der Waals surface area (Å²) in [6.07, 6.45) is 4.74. The average Bonchev–Trinajstić information content (AvgIpc) is 3.53. The monoisotopic (exact) mass is 555 g/mol. The number of nitrogens with zero attached hydrogens (tertiary/aromatic N) is 1. The molecule has 0 bridgehead atoms. The average molecular weight is 556 g/mol. The summed E-state index contributed by atoms with van der Waals surface area (Å²) in [6.45, 7) is 5.49. The number of benzene rings is 3. The second kappa shape index (κ2) is 12.3. The van der Waals surface area contributed by atoms with Crippen molar-refractivity contribution in [3.8, 4) is 23.0 Å². The minimum absolute atomic E-state index is 0.0676. The first-order valence-corrected chi connectivity index (χ1v) is 14.7. The fourth-order valence-electron chi connectivity index (χ4n) is 5.62. The van der Waals surface area contributed by atoms with Crippen LogP contribution in [0.2, 0.25) is 0 Å². The normalized spacial score (nSPS) is 17.7. The molecule has 2 heterocycles. The Hall–Kier alpha value is -3.97. The molecule has 3 aliphatic rings. The van der Waals surface area contributed by atoms with Crippen molar-refractivity contribution in [2.45, 2.75) is 45.1 Å². The van der Waals surface area contributed by atoms with Gasteiger partial charge in [-0.25, -0.2) is 0 Å². The van der Waals surface area contributed by atoms with Crippen LogP contribution in [0.25, 0.3) is 11.1 Å². The smallest absolute Gasteiger partial charge is 0.309 e. The van der Waals surface area contributed by atoms with Gasteiger partial charge in [-0.3, -0.25) is 9.69 Å². The highest BCUT2D eigenvalue weighted by atomic mass is 16.7. The van der Waals surface area contributed by atoms with Gasteiger partial charge >= 0.3 is 5.97 Å². The molecule has 0 radical (unpaired) electrons. The summed E-state index contributed by atoms with van der Waals surface area (Å²) in [5, 5.41) is 9.95. The van der Waals surface area contributed by atoms with Crippen molar-refractivity contribution in [3.05, 3.63) is 83.4 Å². The van der Waals surface area contributed by atoms with Crippen LogP contribution in [0.4, 0.5) is 0 Å². The second-order valence-corrected chi connectivity index (χ2v) is 11.0. The van der Waals surface area contributed by atoms with E-state index in [0.717, 1.165) is 77.4 Å². The number of hydrogen-bond acceptors (Lipinski definition) is 7. The summed E-state index contributed by atoms with van der Waals surface area (Å²) in [5.74, 6) is 2.43. The van der Waals surface area contributed by atoms with Gasteiger partial charge < -0.3 is 24.1 Å². The molecule has 6 rings (SSSR count). The molecule has 0 spiro atoms. The van der Waals surface area contributed by atoms with E-state index >= 15 is 0 Å². The number of esters is 1. The van der Waals surface area contributed by atoms with Crippen LogP contribution in [0, 0.1) is 5.92 Å². The minimum Gasteiger partial charge on any atom is -0.508 e. The van der Waals surface area contributed by atoms with Crippen LogP contribution in [-0.4, -0.2) is 55.1 Å². The van der Waals surface area contributed by atoms with Crippen LogP contribution >= 0.6 is 0 Å². The highest BCUT2D eigenvalue weighted by Gasteiger charge is 2.33. The van der Waals surface area contributed by atoms with E-state index < -0.39 is 0 Å². The molecule has 0 aromatic heterocycles. The molecule has 1 unspecified atom stereocenters. The number of ether oxygens (including phenoxy) is 4. The number of phenols is 1. The summed E-state index contributed by atoms with van der Waals surface area (Å²) >= 11 is 0. The highest BCUT2D eigenvalue weighted by molar-refractivity contribution is 5.99. The third-order valence-electron chi connectivity index (χ3n) is 7.97. The zero-order valence-electron chi connectivity index (χ0n) is 23.5. The second-order valence-electron chi connectivity index (χ2n) is 11.0. The number of phenolic OH excluding ortho intramolecular Hbond substituents is 1. The van der Waals surface area contributed by atoms with Gasteiger partial charge in [0.25, 0.3) is 0 Å². The van der Waals surface area contributed by atoms with Crippen LogP contribution in [0.15, 0.2) is 66.7 Å². The first kappa shape index (κ1) is 27.2. The summed E-state index contributed by atoms with van der Waals surface area (Å²) in [4.78, 5) is 14.8. The van der Waals surface area contributed by atoms with Crippen molar-refractivity contribution >= 4 is 17.1 Å². The minimum atomic E-state index is -0.286. The van der Waals surface area contributed by atoms with Crippen molar-refractivity contribution in [3.63, 3.8) is 0 Å². The molecule has 3 aromatic carbocycles. The Morgan fingerprint density at radius 3 is 2.27 bits per heavy atom. The van der Waals surface area contributed by atoms with Crippen LogP contribution < -0.4 is 14.2 Å². The Balaban J connectivity index is 1.25. The number of hydrogen-bond donors (Lipinski definition) is 1. The Bertz CT molecular complexity index is 1390. The van der Waals surface area contributed by atoms with Crippen molar-refractivity contribution in [2.75, 3.05) is 33.0 Å². The topological polar surface area (TPSA) is 77.5 Å². The van der Waals surface area contributed by atoms with Gasteiger partial charge in [0.2, 0.25) is 6.79 Å². The third-order valence-corrected chi connectivity index (χ3v) is 7.97. The van der Waals surface area contributed by atoms with Crippen LogP contribution in [0.3, 0.4) is 0 Å². The van der Waals surface area contributed by atoms with E-state index in [4.69, 9.17) is 18.9 Å². The predicted octanol–water partition coefficient (Wildman–Crippen LogP) is 6.29. The molecule has 1 saturated carbocycles. The molecule has 7 nitrogen and oxygen atoms in total. The molecule has 2 fully saturated rings. The summed E-state index contributed by atoms with van der Waals surface area (Å²) in [6, 6.07) is 21.4. The van der Waals surface area contributed by atoms with Gasteiger partial charge in [-0.2, -0.15) is 0 Å². The zero-order valence-corrected chi connectivity index (χ0v) is 23.5. The predicted molar refractivity (Wildman–Crippen MR) is 157 cm³/mol. The van der Waals surface area contributed by atoms with Gasteiger partial charge in [-0.15, -0.1) is 0 Å². The summed E-state index contributed by atoms with van der Waals surface area (Å²) < 4.78 is 23.2. The van der Waals surface area contributed by atoms with Crippen molar-refractivity contribution in [1.82, 2.24) is 4.90 Å². The lowest BCUT2D eigenvalue weighted by Gasteiger charge is -2.24. The van der Waals surface area contributed by atoms with E-state index in [0.29, 0.717) is 13.2 Å². The Kier molecular flexibility index (Phi) is 8.14. The maximum atomic E-state index is 12.4. The molecular weight excluding hydrogens is 518 g/mol. The number of likely N-dealkylation sites (tertiary alicyclic amines) is 1. The van der Waals surface area contributed by atoms with Gasteiger partial charge in [0.15, 0.2) is 11.5 Å². The first-order valence-electron chi connectivity index (χ1n) is 14.7. The lowest BCUT2D eigenvalue weighted by atomic mass is 9.88. The van der Waals surface area contributed by atoms with Gasteiger partial charge in [0.05, 0.1) is 5.92 Å². The molecule has 214 valence electrons. The molecule has 3 aromatic rings. The summed E-state index contributed by atoms with van der Waals surface area (Å²) in [7, 11) is 0. The zero-order chi connectivity index (χ0) is 28.2. The van der Waals surface area contributed by atoms with Crippen LogP contribution in [-0.2, 0) is 9.53 Å². The fraction of sp³-hybridized carbons (Fsp3) is 0.382. The van der Waals surface area contributed by atoms with E-state index in [1.165, 1.54) is 12.8 Å². The number of rotatable bonds is 11. The quantitative estimate of drug-likeness (QED) is 0.220. The maximum absolute atomic E-state index is 12.4. The van der Waals surface area contributed by atoms with Gasteiger partial charge in [0, 0.05) is 6.54 Å². The SMILES string of the molecule is CC/C(=C(\c1ccc(O)cc1)c1ccc(OCC(CN2CCCC2)OC(=O)C2CC2)cc1)c1ccc2c(c1)OCO2. The molecule has 1 aliphatic carbocycles. The molecule has 7 heteroatoms.